The standard InChI is InChI=1S/C13H11BrF2S/c1-2-9-4-6-12(17-9)13(14)8-3-5-10(15)11(16)7-8/h3-7,13H,2H2,1H3. The van der Waals surface area contributed by atoms with Gasteiger partial charge in [0.2, 0.25) is 0 Å². The van der Waals surface area contributed by atoms with Gasteiger partial charge in [0.05, 0.1) is 4.83 Å². The molecular weight excluding hydrogens is 306 g/mol. The zero-order valence-electron chi connectivity index (χ0n) is 9.21. The van der Waals surface area contributed by atoms with Crippen molar-refractivity contribution in [2.24, 2.45) is 0 Å². The number of hydrogen-bond acceptors (Lipinski definition) is 1. The molecule has 4 heteroatoms. The van der Waals surface area contributed by atoms with E-state index in [0.717, 1.165) is 22.9 Å². The van der Waals surface area contributed by atoms with E-state index in [1.54, 1.807) is 17.4 Å². The fourth-order valence-corrected chi connectivity index (χ4v) is 3.23. The van der Waals surface area contributed by atoms with Crippen molar-refractivity contribution in [3.05, 3.63) is 57.3 Å². The van der Waals surface area contributed by atoms with E-state index in [4.69, 9.17) is 0 Å². The molecule has 0 radical (unpaired) electrons. The fourth-order valence-electron chi connectivity index (χ4n) is 1.56. The molecule has 0 fully saturated rings. The molecule has 0 bridgehead atoms. The summed E-state index contributed by atoms with van der Waals surface area (Å²) >= 11 is 5.20. The van der Waals surface area contributed by atoms with Gasteiger partial charge in [0.15, 0.2) is 11.6 Å². The van der Waals surface area contributed by atoms with Gasteiger partial charge in [-0.05, 0) is 36.2 Å². The van der Waals surface area contributed by atoms with Crippen LogP contribution in [0, 0.1) is 11.6 Å². The number of thiophene rings is 1. The second-order valence-electron chi connectivity index (χ2n) is 3.69. The largest absolute Gasteiger partial charge is 0.204 e. The molecule has 0 amide bonds. The van der Waals surface area contributed by atoms with Crippen LogP contribution >= 0.6 is 27.3 Å². The summed E-state index contributed by atoms with van der Waals surface area (Å²) in [5.41, 5.74) is 0.730. The van der Waals surface area contributed by atoms with Gasteiger partial charge in [-0.1, -0.05) is 28.9 Å². The quantitative estimate of drug-likeness (QED) is 0.693. The van der Waals surface area contributed by atoms with Gasteiger partial charge < -0.3 is 0 Å². The SMILES string of the molecule is CCc1ccc(C(Br)c2ccc(F)c(F)c2)s1. The van der Waals surface area contributed by atoms with E-state index in [1.807, 2.05) is 6.07 Å². The summed E-state index contributed by atoms with van der Waals surface area (Å²) in [6.07, 6.45) is 0.988. The van der Waals surface area contributed by atoms with Gasteiger partial charge in [-0.3, -0.25) is 0 Å². The first-order chi connectivity index (χ1) is 8.11. The maximum Gasteiger partial charge on any atom is 0.159 e. The number of halogens is 3. The molecule has 1 heterocycles. The Morgan fingerprint density at radius 1 is 1.18 bits per heavy atom. The highest BCUT2D eigenvalue weighted by atomic mass is 79.9. The Bertz CT molecular complexity index is 522. The lowest BCUT2D eigenvalue weighted by Gasteiger charge is -2.08. The van der Waals surface area contributed by atoms with E-state index >= 15 is 0 Å². The van der Waals surface area contributed by atoms with Crippen molar-refractivity contribution in [1.29, 1.82) is 0 Å². The molecule has 0 saturated heterocycles. The van der Waals surface area contributed by atoms with Crippen molar-refractivity contribution < 1.29 is 8.78 Å². The molecule has 1 aromatic carbocycles. The Morgan fingerprint density at radius 2 is 1.94 bits per heavy atom. The number of alkyl halides is 1. The van der Waals surface area contributed by atoms with E-state index < -0.39 is 11.6 Å². The normalized spacial score (nSPS) is 12.7. The van der Waals surface area contributed by atoms with E-state index in [1.165, 1.54) is 10.9 Å². The molecule has 0 aliphatic carbocycles. The van der Waals surface area contributed by atoms with Crippen LogP contribution in [-0.4, -0.2) is 0 Å². The van der Waals surface area contributed by atoms with Gasteiger partial charge in [0.1, 0.15) is 0 Å². The van der Waals surface area contributed by atoms with Crippen LogP contribution in [0.5, 0.6) is 0 Å². The van der Waals surface area contributed by atoms with Gasteiger partial charge >= 0.3 is 0 Å². The molecule has 0 aliphatic rings. The van der Waals surface area contributed by atoms with E-state index in [2.05, 4.69) is 28.9 Å². The van der Waals surface area contributed by atoms with Crippen molar-refractivity contribution >= 4 is 27.3 Å². The highest BCUT2D eigenvalue weighted by Gasteiger charge is 2.14. The Labute approximate surface area is 111 Å². The van der Waals surface area contributed by atoms with Crippen molar-refractivity contribution in [2.75, 3.05) is 0 Å². The molecule has 0 aliphatic heterocycles. The molecule has 0 nitrogen and oxygen atoms in total. The van der Waals surface area contributed by atoms with Crippen LogP contribution < -0.4 is 0 Å². The van der Waals surface area contributed by atoms with E-state index in [0.29, 0.717) is 0 Å². The van der Waals surface area contributed by atoms with Crippen molar-refractivity contribution in [2.45, 2.75) is 18.2 Å². The summed E-state index contributed by atoms with van der Waals surface area (Å²) in [4.78, 5) is 2.31. The summed E-state index contributed by atoms with van der Waals surface area (Å²) in [7, 11) is 0. The molecule has 0 saturated carbocycles. The maximum absolute atomic E-state index is 13.1. The zero-order valence-corrected chi connectivity index (χ0v) is 11.6. The minimum Gasteiger partial charge on any atom is -0.204 e. The predicted molar refractivity (Wildman–Crippen MR) is 70.8 cm³/mol. The zero-order chi connectivity index (χ0) is 12.4. The molecule has 2 aromatic rings. The highest BCUT2D eigenvalue weighted by molar-refractivity contribution is 9.09. The third kappa shape index (κ3) is 2.75. The summed E-state index contributed by atoms with van der Waals surface area (Å²) in [6.45, 7) is 2.09. The fraction of sp³-hybridized carbons (Fsp3) is 0.231. The molecule has 1 atom stereocenters. The molecule has 0 spiro atoms. The topological polar surface area (TPSA) is 0 Å². The molecule has 1 aromatic heterocycles. The molecule has 17 heavy (non-hydrogen) atoms. The Kier molecular flexibility index (Phi) is 3.94. The monoisotopic (exact) mass is 316 g/mol. The van der Waals surface area contributed by atoms with Crippen LogP contribution in [0.1, 0.15) is 27.1 Å². The highest BCUT2D eigenvalue weighted by Crippen LogP contribution is 2.35. The summed E-state index contributed by atoms with van der Waals surface area (Å²) < 4.78 is 26.0. The molecule has 1 unspecified atom stereocenters. The van der Waals surface area contributed by atoms with Crippen LogP contribution in [0.3, 0.4) is 0 Å². The second kappa shape index (κ2) is 5.27. The van der Waals surface area contributed by atoms with Crippen LogP contribution in [-0.2, 0) is 6.42 Å². The molecule has 90 valence electrons. The first-order valence-electron chi connectivity index (χ1n) is 5.29. The van der Waals surface area contributed by atoms with E-state index in [-0.39, 0.29) is 4.83 Å². The molecule has 2 rings (SSSR count). The van der Waals surface area contributed by atoms with Crippen molar-refractivity contribution in [1.82, 2.24) is 0 Å². The maximum atomic E-state index is 13.1. The number of rotatable bonds is 3. The minimum atomic E-state index is -0.811. The summed E-state index contributed by atoms with van der Waals surface area (Å²) in [5, 5.41) is 0. The van der Waals surface area contributed by atoms with Crippen molar-refractivity contribution in [3.8, 4) is 0 Å². The average molecular weight is 317 g/mol. The first-order valence-corrected chi connectivity index (χ1v) is 7.02. The number of aryl methyl sites for hydroxylation is 1. The van der Waals surface area contributed by atoms with Crippen LogP contribution in [0.15, 0.2) is 30.3 Å². The molecule has 0 N–H and O–H groups in total. The van der Waals surface area contributed by atoms with Gasteiger partial charge in [-0.15, -0.1) is 11.3 Å². The summed E-state index contributed by atoms with van der Waals surface area (Å²) in [5.74, 6) is -1.62. The van der Waals surface area contributed by atoms with Gasteiger partial charge in [-0.25, -0.2) is 8.78 Å². The third-order valence-electron chi connectivity index (χ3n) is 2.52. The average Bonchev–Trinajstić information content (AvgIpc) is 2.80. The Hall–Kier alpha value is -0.740. The van der Waals surface area contributed by atoms with Gasteiger partial charge in [0, 0.05) is 9.75 Å². The van der Waals surface area contributed by atoms with E-state index in [9.17, 15) is 8.78 Å². The number of benzene rings is 1. The van der Waals surface area contributed by atoms with Crippen molar-refractivity contribution in [3.63, 3.8) is 0 Å². The number of hydrogen-bond donors (Lipinski definition) is 0. The minimum absolute atomic E-state index is 0.0806. The first kappa shape index (κ1) is 12.7. The van der Waals surface area contributed by atoms with Crippen LogP contribution in [0.25, 0.3) is 0 Å². The Morgan fingerprint density at radius 3 is 2.53 bits per heavy atom. The van der Waals surface area contributed by atoms with Gasteiger partial charge in [-0.2, -0.15) is 0 Å². The predicted octanol–water partition coefficient (Wildman–Crippen LogP) is 5.07. The molecular formula is C13H11BrF2S. The Balaban J connectivity index is 2.29. The summed E-state index contributed by atoms with van der Waals surface area (Å²) in [6, 6.07) is 8.08. The lowest BCUT2D eigenvalue weighted by Crippen LogP contribution is -1.92. The third-order valence-corrected chi connectivity index (χ3v) is 5.14. The van der Waals surface area contributed by atoms with Gasteiger partial charge in [0.25, 0.3) is 0 Å². The lowest BCUT2D eigenvalue weighted by atomic mass is 10.1. The lowest BCUT2D eigenvalue weighted by molar-refractivity contribution is 0.507. The second-order valence-corrected chi connectivity index (χ2v) is 5.81. The van der Waals surface area contributed by atoms with Crippen LogP contribution in [0.4, 0.5) is 8.78 Å². The van der Waals surface area contributed by atoms with Crippen LogP contribution in [0.2, 0.25) is 0 Å². The smallest absolute Gasteiger partial charge is 0.159 e.